The van der Waals surface area contributed by atoms with Crippen LogP contribution >= 0.6 is 23.4 Å². The average Bonchev–Trinajstić information content (AvgIpc) is 2.68. The average molecular weight is 439 g/mol. The minimum Gasteiger partial charge on any atom is -0.326 e. The molecule has 2 aromatic rings. The lowest BCUT2D eigenvalue weighted by atomic mass is 10.0. The fraction of sp³-hybridized carbons (Fsp3) is 0.350. The number of rotatable bonds is 6. The Morgan fingerprint density at radius 2 is 1.96 bits per heavy atom. The topological polar surface area (TPSA) is 66.5 Å². The van der Waals surface area contributed by atoms with E-state index in [-0.39, 0.29) is 23.3 Å². The van der Waals surface area contributed by atoms with Crippen LogP contribution in [0.1, 0.15) is 25.7 Å². The summed E-state index contributed by atoms with van der Waals surface area (Å²) in [6.45, 7) is 0.421. The molecule has 28 heavy (non-hydrogen) atoms. The van der Waals surface area contributed by atoms with Crippen molar-refractivity contribution < 1.29 is 13.2 Å². The van der Waals surface area contributed by atoms with Crippen LogP contribution in [0, 0.1) is 0 Å². The molecule has 0 spiro atoms. The van der Waals surface area contributed by atoms with Gasteiger partial charge in [0.25, 0.3) is 0 Å². The third-order valence-corrected chi connectivity index (χ3v) is 7.71. The Hall–Kier alpha value is -1.54. The molecule has 1 unspecified atom stereocenters. The lowest BCUT2D eigenvalue weighted by molar-refractivity contribution is -0.117. The number of nitrogens with zero attached hydrogens (tertiary/aromatic N) is 1. The number of piperidine rings is 1. The van der Waals surface area contributed by atoms with Crippen LogP contribution in [0.5, 0.6) is 0 Å². The number of benzene rings is 2. The smallest absolute Gasteiger partial charge is 0.243 e. The van der Waals surface area contributed by atoms with Gasteiger partial charge in [-0.25, -0.2) is 8.42 Å². The van der Waals surface area contributed by atoms with E-state index in [2.05, 4.69) is 5.32 Å². The van der Waals surface area contributed by atoms with E-state index >= 15 is 0 Å². The highest BCUT2D eigenvalue weighted by atomic mass is 35.5. The molecule has 1 aliphatic heterocycles. The van der Waals surface area contributed by atoms with Crippen LogP contribution in [-0.4, -0.2) is 37.5 Å². The zero-order valence-corrected chi connectivity index (χ0v) is 18.0. The summed E-state index contributed by atoms with van der Waals surface area (Å²) in [4.78, 5) is 13.8. The van der Waals surface area contributed by atoms with E-state index in [1.807, 2.05) is 30.5 Å². The summed E-state index contributed by atoms with van der Waals surface area (Å²) in [5.41, 5.74) is 0.722. The largest absolute Gasteiger partial charge is 0.326 e. The number of nitrogens with one attached hydrogen (secondary N) is 1. The highest BCUT2D eigenvalue weighted by Crippen LogP contribution is 2.28. The number of halogens is 1. The van der Waals surface area contributed by atoms with Gasteiger partial charge in [0.15, 0.2) is 0 Å². The van der Waals surface area contributed by atoms with Crippen molar-refractivity contribution in [3.8, 4) is 0 Å². The van der Waals surface area contributed by atoms with Crippen molar-refractivity contribution in [2.45, 2.75) is 41.5 Å². The zero-order valence-electron chi connectivity index (χ0n) is 15.6. The lowest BCUT2D eigenvalue weighted by Gasteiger charge is -2.34. The van der Waals surface area contributed by atoms with Crippen LogP contribution in [0.4, 0.5) is 5.69 Å². The number of carbonyl (C=O) groups excluding carboxylic acids is 1. The van der Waals surface area contributed by atoms with Crippen molar-refractivity contribution >= 4 is 45.0 Å². The number of amides is 1. The van der Waals surface area contributed by atoms with Gasteiger partial charge >= 0.3 is 0 Å². The molecule has 0 aromatic heterocycles. The second kappa shape index (κ2) is 9.31. The molecule has 0 saturated carbocycles. The van der Waals surface area contributed by atoms with Crippen molar-refractivity contribution in [3.63, 3.8) is 0 Å². The summed E-state index contributed by atoms with van der Waals surface area (Å²) < 4.78 is 27.6. The van der Waals surface area contributed by atoms with Crippen molar-refractivity contribution in [2.24, 2.45) is 0 Å². The minimum atomic E-state index is -3.67. The summed E-state index contributed by atoms with van der Waals surface area (Å²) in [5, 5.41) is 3.38. The maximum Gasteiger partial charge on any atom is 0.243 e. The standard InChI is InChI=1S/C20H23ClN2O3S2/c1-27-18-7-4-5-16(13-18)22-20(24)14-17-6-2-3-12-23(17)28(25,26)19-10-8-15(21)9-11-19/h4-5,7-11,13,17H,2-3,6,12,14H2,1H3,(H,22,24). The Labute approximate surface area is 175 Å². The van der Waals surface area contributed by atoms with Gasteiger partial charge in [-0.2, -0.15) is 4.31 Å². The molecule has 1 heterocycles. The Balaban J connectivity index is 1.73. The Bertz CT molecular complexity index is 933. The number of hydrogen-bond acceptors (Lipinski definition) is 4. The maximum atomic E-state index is 13.1. The number of anilines is 1. The number of thioether (sulfide) groups is 1. The van der Waals surface area contributed by atoms with E-state index in [1.165, 1.54) is 16.4 Å². The molecule has 3 rings (SSSR count). The molecule has 150 valence electrons. The quantitative estimate of drug-likeness (QED) is 0.667. The number of hydrogen-bond donors (Lipinski definition) is 1. The third kappa shape index (κ3) is 5.08. The van der Waals surface area contributed by atoms with Crippen LogP contribution in [0.25, 0.3) is 0 Å². The molecule has 2 aromatic carbocycles. The van der Waals surface area contributed by atoms with E-state index < -0.39 is 10.0 Å². The van der Waals surface area contributed by atoms with Crippen LogP contribution < -0.4 is 5.32 Å². The van der Waals surface area contributed by atoms with E-state index in [0.717, 1.165) is 23.4 Å². The second-order valence-corrected chi connectivity index (χ2v) is 9.91. The van der Waals surface area contributed by atoms with Crippen LogP contribution in [0.3, 0.4) is 0 Å². The second-order valence-electron chi connectivity index (χ2n) is 6.70. The van der Waals surface area contributed by atoms with Gasteiger partial charge in [-0.3, -0.25) is 4.79 Å². The van der Waals surface area contributed by atoms with Crippen LogP contribution in [0.2, 0.25) is 5.02 Å². The first kappa shape index (κ1) is 21.2. The predicted octanol–water partition coefficient (Wildman–Crippen LogP) is 4.63. The molecule has 0 aliphatic carbocycles. The molecule has 8 heteroatoms. The predicted molar refractivity (Wildman–Crippen MR) is 114 cm³/mol. The van der Waals surface area contributed by atoms with Gasteiger partial charge in [0.1, 0.15) is 0 Å². The van der Waals surface area contributed by atoms with Gasteiger partial charge in [0, 0.05) is 34.6 Å². The normalized spacial score (nSPS) is 18.0. The minimum absolute atomic E-state index is 0.135. The van der Waals surface area contributed by atoms with E-state index in [0.29, 0.717) is 18.0 Å². The summed E-state index contributed by atoms with van der Waals surface area (Å²) in [5.74, 6) is -0.179. The molecule has 1 fully saturated rings. The molecule has 1 atom stereocenters. The van der Waals surface area contributed by atoms with Crippen molar-refractivity contribution in [1.82, 2.24) is 4.31 Å². The molecule has 1 N–H and O–H groups in total. The third-order valence-electron chi connectivity index (χ3n) is 4.77. The van der Waals surface area contributed by atoms with Crippen LogP contribution in [-0.2, 0) is 14.8 Å². The van der Waals surface area contributed by atoms with E-state index in [9.17, 15) is 13.2 Å². The Morgan fingerprint density at radius 1 is 1.21 bits per heavy atom. The van der Waals surface area contributed by atoms with E-state index in [1.54, 1.807) is 23.9 Å². The first-order valence-corrected chi connectivity index (χ1v) is 12.2. The summed E-state index contributed by atoms with van der Waals surface area (Å²) in [7, 11) is -3.67. The molecule has 0 bridgehead atoms. The van der Waals surface area contributed by atoms with E-state index in [4.69, 9.17) is 11.6 Å². The summed E-state index contributed by atoms with van der Waals surface area (Å²) in [6.07, 6.45) is 4.48. The van der Waals surface area contributed by atoms with Crippen LogP contribution in [0.15, 0.2) is 58.3 Å². The fourth-order valence-electron chi connectivity index (χ4n) is 3.36. The zero-order chi connectivity index (χ0) is 20.1. The Kier molecular flexibility index (Phi) is 7.04. The van der Waals surface area contributed by atoms with Gasteiger partial charge in [-0.15, -0.1) is 11.8 Å². The highest BCUT2D eigenvalue weighted by Gasteiger charge is 2.34. The maximum absolute atomic E-state index is 13.1. The summed E-state index contributed by atoms with van der Waals surface area (Å²) in [6, 6.07) is 13.4. The molecular weight excluding hydrogens is 416 g/mol. The number of carbonyl (C=O) groups is 1. The molecule has 5 nitrogen and oxygen atoms in total. The van der Waals surface area contributed by atoms with Gasteiger partial charge in [0.05, 0.1) is 4.90 Å². The lowest BCUT2D eigenvalue weighted by Crippen LogP contribution is -2.45. The Morgan fingerprint density at radius 3 is 2.68 bits per heavy atom. The molecule has 1 aliphatic rings. The first-order chi connectivity index (χ1) is 13.4. The number of sulfonamides is 1. The highest BCUT2D eigenvalue weighted by molar-refractivity contribution is 7.98. The SMILES string of the molecule is CSc1cccc(NC(=O)CC2CCCCN2S(=O)(=O)c2ccc(Cl)cc2)c1. The molecular formula is C20H23ClN2O3S2. The van der Waals surface area contributed by atoms with Gasteiger partial charge in [-0.1, -0.05) is 24.1 Å². The van der Waals surface area contributed by atoms with Crippen molar-refractivity contribution in [1.29, 1.82) is 0 Å². The van der Waals surface area contributed by atoms with Gasteiger partial charge < -0.3 is 5.32 Å². The van der Waals surface area contributed by atoms with Gasteiger partial charge in [0.2, 0.25) is 15.9 Å². The fourth-order valence-corrected chi connectivity index (χ4v) is 5.64. The van der Waals surface area contributed by atoms with Gasteiger partial charge in [-0.05, 0) is 61.6 Å². The monoisotopic (exact) mass is 438 g/mol. The van der Waals surface area contributed by atoms with Crippen molar-refractivity contribution in [2.75, 3.05) is 18.1 Å². The molecule has 1 saturated heterocycles. The first-order valence-electron chi connectivity index (χ1n) is 9.11. The molecule has 1 amide bonds. The van der Waals surface area contributed by atoms with Crippen molar-refractivity contribution in [3.05, 3.63) is 53.6 Å². The molecule has 0 radical (unpaired) electrons. The summed E-state index contributed by atoms with van der Waals surface area (Å²) >= 11 is 7.48.